The predicted octanol–water partition coefficient (Wildman–Crippen LogP) is 4.05. The maximum Gasteiger partial charge on any atom is 0.226 e. The van der Waals surface area contributed by atoms with Gasteiger partial charge in [-0.1, -0.05) is 54.6 Å². The Morgan fingerprint density at radius 1 is 0.935 bits per heavy atom. The van der Waals surface area contributed by atoms with Crippen molar-refractivity contribution in [2.75, 3.05) is 13.1 Å². The molecule has 0 radical (unpaired) electrons. The van der Waals surface area contributed by atoms with Crippen LogP contribution in [0.5, 0.6) is 0 Å². The molecule has 0 saturated carbocycles. The van der Waals surface area contributed by atoms with E-state index in [0.29, 0.717) is 6.42 Å². The Morgan fingerprint density at radius 3 is 2.45 bits per heavy atom. The summed E-state index contributed by atoms with van der Waals surface area (Å²) in [6, 6.07) is 22.2. The van der Waals surface area contributed by atoms with Gasteiger partial charge in [0.05, 0.1) is 12.1 Å². The average Bonchev–Trinajstić information content (AvgIpc) is 3.24. The first-order valence-corrected chi connectivity index (χ1v) is 10.8. The Bertz CT molecular complexity index is 1210. The first-order valence-electron chi connectivity index (χ1n) is 10.8. The summed E-state index contributed by atoms with van der Waals surface area (Å²) >= 11 is 0. The van der Waals surface area contributed by atoms with Crippen LogP contribution in [0.4, 0.5) is 0 Å². The largest absolute Gasteiger partial charge is 0.342 e. The lowest BCUT2D eigenvalue weighted by Gasteiger charge is -2.31. The van der Waals surface area contributed by atoms with E-state index in [-0.39, 0.29) is 11.8 Å². The molecule has 0 unspecified atom stereocenters. The zero-order valence-electron chi connectivity index (χ0n) is 17.6. The minimum absolute atomic E-state index is 0.198. The van der Waals surface area contributed by atoms with Gasteiger partial charge in [-0.2, -0.15) is 9.61 Å². The van der Waals surface area contributed by atoms with Crippen molar-refractivity contribution in [3.8, 4) is 11.3 Å². The molecule has 6 nitrogen and oxygen atoms in total. The standard InChI is InChI=1S/C25H25N5O/c1-18-7-5-6-10-21(18)17-24(31)29-15-13-20(14-16-29)25-27-26-23-12-11-22(28-30(23)25)19-8-3-2-4-9-19/h2-12,20H,13-17H2,1H3. The Hall–Kier alpha value is -3.54. The smallest absolute Gasteiger partial charge is 0.226 e. The van der Waals surface area contributed by atoms with Crippen molar-refractivity contribution in [1.29, 1.82) is 0 Å². The number of nitrogens with zero attached hydrogens (tertiary/aromatic N) is 5. The maximum atomic E-state index is 12.8. The molecule has 1 aliphatic rings. The third-order valence-electron chi connectivity index (χ3n) is 6.17. The van der Waals surface area contributed by atoms with Crippen LogP contribution in [0.2, 0.25) is 0 Å². The fourth-order valence-corrected chi connectivity index (χ4v) is 4.29. The van der Waals surface area contributed by atoms with Gasteiger partial charge in [-0.25, -0.2) is 0 Å². The van der Waals surface area contributed by atoms with Crippen LogP contribution < -0.4 is 0 Å². The monoisotopic (exact) mass is 411 g/mol. The van der Waals surface area contributed by atoms with Gasteiger partial charge in [0.2, 0.25) is 5.91 Å². The highest BCUT2D eigenvalue weighted by Crippen LogP contribution is 2.28. The number of hydrogen-bond acceptors (Lipinski definition) is 4. The number of carbonyl (C=O) groups is 1. The summed E-state index contributed by atoms with van der Waals surface area (Å²) in [6.07, 6.45) is 2.21. The fraction of sp³-hybridized carbons (Fsp3) is 0.280. The summed E-state index contributed by atoms with van der Waals surface area (Å²) in [7, 11) is 0. The Labute approximate surface area is 181 Å². The lowest BCUT2D eigenvalue weighted by Crippen LogP contribution is -2.39. The molecule has 1 saturated heterocycles. The van der Waals surface area contributed by atoms with E-state index in [1.807, 2.05) is 57.9 Å². The predicted molar refractivity (Wildman–Crippen MR) is 120 cm³/mol. The highest BCUT2D eigenvalue weighted by atomic mass is 16.2. The third-order valence-corrected chi connectivity index (χ3v) is 6.17. The highest BCUT2D eigenvalue weighted by Gasteiger charge is 2.27. The van der Waals surface area contributed by atoms with Crippen molar-refractivity contribution in [3.05, 3.63) is 83.7 Å². The van der Waals surface area contributed by atoms with Crippen molar-refractivity contribution < 1.29 is 4.79 Å². The van der Waals surface area contributed by atoms with E-state index in [4.69, 9.17) is 5.10 Å². The van der Waals surface area contributed by atoms with Gasteiger partial charge >= 0.3 is 0 Å². The highest BCUT2D eigenvalue weighted by molar-refractivity contribution is 5.79. The number of rotatable bonds is 4. The number of aryl methyl sites for hydroxylation is 1. The Balaban J connectivity index is 1.30. The zero-order valence-corrected chi connectivity index (χ0v) is 17.6. The number of fused-ring (bicyclic) bond motifs is 1. The van der Waals surface area contributed by atoms with Crippen LogP contribution in [-0.2, 0) is 11.2 Å². The van der Waals surface area contributed by atoms with Gasteiger partial charge in [-0.3, -0.25) is 4.79 Å². The van der Waals surface area contributed by atoms with Gasteiger partial charge in [0.1, 0.15) is 0 Å². The minimum Gasteiger partial charge on any atom is -0.342 e. The molecule has 0 N–H and O–H groups in total. The summed E-state index contributed by atoms with van der Waals surface area (Å²) in [5, 5.41) is 13.6. The van der Waals surface area contributed by atoms with Crippen LogP contribution in [0.1, 0.15) is 35.7 Å². The van der Waals surface area contributed by atoms with Crippen molar-refractivity contribution in [1.82, 2.24) is 24.7 Å². The average molecular weight is 412 g/mol. The first kappa shape index (κ1) is 19.4. The second-order valence-corrected chi connectivity index (χ2v) is 8.17. The van der Waals surface area contributed by atoms with E-state index in [2.05, 4.69) is 35.3 Å². The summed E-state index contributed by atoms with van der Waals surface area (Å²) in [4.78, 5) is 14.8. The van der Waals surface area contributed by atoms with Crippen LogP contribution >= 0.6 is 0 Å². The molecule has 31 heavy (non-hydrogen) atoms. The first-order chi connectivity index (χ1) is 15.2. The molecule has 0 aliphatic carbocycles. The number of piperidine rings is 1. The van der Waals surface area contributed by atoms with Crippen LogP contribution in [0.25, 0.3) is 16.9 Å². The quantitative estimate of drug-likeness (QED) is 0.508. The molecule has 0 spiro atoms. The molecule has 2 aromatic carbocycles. The zero-order chi connectivity index (χ0) is 21.2. The van der Waals surface area contributed by atoms with Crippen molar-refractivity contribution >= 4 is 11.6 Å². The molecule has 3 heterocycles. The van der Waals surface area contributed by atoms with Gasteiger partial charge in [0, 0.05) is 24.6 Å². The summed E-state index contributed by atoms with van der Waals surface area (Å²) in [6.45, 7) is 3.54. The topological polar surface area (TPSA) is 63.4 Å². The Kier molecular flexibility index (Phi) is 5.20. The molecule has 156 valence electrons. The molecule has 0 atom stereocenters. The molecule has 1 amide bonds. The number of likely N-dealkylation sites (tertiary alicyclic amines) is 1. The third kappa shape index (κ3) is 3.93. The maximum absolute atomic E-state index is 12.8. The fourth-order valence-electron chi connectivity index (χ4n) is 4.29. The van der Waals surface area contributed by atoms with Gasteiger partial charge < -0.3 is 4.90 Å². The van der Waals surface area contributed by atoms with Gasteiger partial charge in [-0.05, 0) is 43.0 Å². The van der Waals surface area contributed by atoms with Crippen molar-refractivity contribution in [3.63, 3.8) is 0 Å². The van der Waals surface area contributed by atoms with Gasteiger partial charge in [0.15, 0.2) is 11.5 Å². The Morgan fingerprint density at radius 2 is 1.68 bits per heavy atom. The van der Waals surface area contributed by atoms with E-state index in [1.54, 1.807) is 0 Å². The number of benzene rings is 2. The van der Waals surface area contributed by atoms with Crippen LogP contribution in [0.3, 0.4) is 0 Å². The second-order valence-electron chi connectivity index (χ2n) is 8.17. The molecule has 4 aromatic rings. The van der Waals surface area contributed by atoms with Crippen molar-refractivity contribution in [2.45, 2.75) is 32.1 Å². The van der Waals surface area contributed by atoms with Crippen LogP contribution in [0, 0.1) is 6.92 Å². The molecule has 1 aliphatic heterocycles. The molecule has 5 rings (SSSR count). The lowest BCUT2D eigenvalue weighted by atomic mass is 9.95. The molecule has 1 fully saturated rings. The summed E-state index contributed by atoms with van der Waals surface area (Å²) in [5.41, 5.74) is 5.00. The molecule has 0 bridgehead atoms. The van der Waals surface area contributed by atoms with Crippen LogP contribution in [-0.4, -0.2) is 43.7 Å². The lowest BCUT2D eigenvalue weighted by molar-refractivity contribution is -0.131. The molecule has 6 heteroatoms. The van der Waals surface area contributed by atoms with E-state index in [0.717, 1.165) is 54.2 Å². The number of carbonyl (C=O) groups excluding carboxylic acids is 1. The van der Waals surface area contributed by atoms with E-state index < -0.39 is 0 Å². The molecular weight excluding hydrogens is 386 g/mol. The van der Waals surface area contributed by atoms with Gasteiger partial charge in [0.25, 0.3) is 0 Å². The molecule has 2 aromatic heterocycles. The van der Waals surface area contributed by atoms with E-state index in [1.165, 1.54) is 5.56 Å². The summed E-state index contributed by atoms with van der Waals surface area (Å²) in [5.74, 6) is 1.33. The number of aromatic nitrogens is 4. The van der Waals surface area contributed by atoms with Gasteiger partial charge in [-0.15, -0.1) is 10.2 Å². The van der Waals surface area contributed by atoms with Crippen LogP contribution in [0.15, 0.2) is 66.7 Å². The van der Waals surface area contributed by atoms with E-state index >= 15 is 0 Å². The molecular formula is C25H25N5O. The number of amides is 1. The SMILES string of the molecule is Cc1ccccc1CC(=O)N1CCC(c2nnc3ccc(-c4ccccc4)nn23)CC1. The normalized spacial score (nSPS) is 14.8. The van der Waals surface area contributed by atoms with Crippen molar-refractivity contribution in [2.24, 2.45) is 0 Å². The summed E-state index contributed by atoms with van der Waals surface area (Å²) < 4.78 is 1.87. The minimum atomic E-state index is 0.198. The van der Waals surface area contributed by atoms with E-state index in [9.17, 15) is 4.79 Å². The number of hydrogen-bond donors (Lipinski definition) is 0. The second kappa shape index (κ2) is 8.30.